The summed E-state index contributed by atoms with van der Waals surface area (Å²) in [5.74, 6) is 0.830. The Labute approximate surface area is 99.7 Å². The lowest BCUT2D eigenvalue weighted by molar-refractivity contribution is 0.276. The second-order valence-corrected chi connectivity index (χ2v) is 3.88. The van der Waals surface area contributed by atoms with E-state index in [1.54, 1.807) is 18.0 Å². The Balaban J connectivity index is 2.25. The molecule has 0 saturated carbocycles. The van der Waals surface area contributed by atoms with Gasteiger partial charge in [0.1, 0.15) is 11.4 Å². The Bertz CT molecular complexity index is 508. The van der Waals surface area contributed by atoms with E-state index in [2.05, 4.69) is 16.4 Å². The average molecular weight is 233 g/mol. The minimum absolute atomic E-state index is 0.0923. The number of nitrogens with zero attached hydrogens (tertiary/aromatic N) is 3. The smallest absolute Gasteiger partial charge is 0.123 e. The molecule has 1 aromatic heterocycles. The van der Waals surface area contributed by atoms with Crippen LogP contribution in [0.2, 0.25) is 0 Å². The van der Waals surface area contributed by atoms with Crippen LogP contribution < -0.4 is 4.74 Å². The summed E-state index contributed by atoms with van der Waals surface area (Å²) in [4.78, 5) is 0. The topological polar surface area (TPSA) is 60.2 Å². The molecule has 0 aliphatic rings. The average Bonchev–Trinajstić information content (AvgIpc) is 2.77. The maximum atomic E-state index is 8.92. The highest BCUT2D eigenvalue weighted by atomic mass is 16.5. The number of aliphatic hydroxyl groups is 1. The zero-order valence-corrected chi connectivity index (χ0v) is 9.92. The minimum Gasteiger partial charge on any atom is -0.496 e. The monoisotopic (exact) mass is 233 g/mol. The molecule has 0 amide bonds. The summed E-state index contributed by atoms with van der Waals surface area (Å²) >= 11 is 0. The number of rotatable bonds is 4. The SMILES string of the molecule is COc1ccc(C)cc1Cn1cc(CO)nn1. The highest BCUT2D eigenvalue weighted by Gasteiger charge is 2.06. The summed E-state index contributed by atoms with van der Waals surface area (Å²) in [6, 6.07) is 6.00. The van der Waals surface area contributed by atoms with Crippen molar-refractivity contribution in [3.63, 3.8) is 0 Å². The van der Waals surface area contributed by atoms with E-state index in [4.69, 9.17) is 9.84 Å². The van der Waals surface area contributed by atoms with Crippen LogP contribution >= 0.6 is 0 Å². The normalized spacial score (nSPS) is 10.5. The van der Waals surface area contributed by atoms with E-state index in [9.17, 15) is 0 Å². The van der Waals surface area contributed by atoms with Crippen molar-refractivity contribution >= 4 is 0 Å². The van der Waals surface area contributed by atoms with Crippen molar-refractivity contribution in [2.24, 2.45) is 0 Å². The molecule has 0 bridgehead atoms. The van der Waals surface area contributed by atoms with E-state index in [0.29, 0.717) is 12.2 Å². The van der Waals surface area contributed by atoms with Gasteiger partial charge in [-0.1, -0.05) is 22.9 Å². The van der Waals surface area contributed by atoms with Crippen molar-refractivity contribution in [3.8, 4) is 5.75 Å². The maximum absolute atomic E-state index is 8.92. The number of methoxy groups -OCH3 is 1. The third kappa shape index (κ3) is 2.62. The summed E-state index contributed by atoms with van der Waals surface area (Å²) in [5.41, 5.74) is 2.78. The zero-order chi connectivity index (χ0) is 12.3. The number of aryl methyl sites for hydroxylation is 1. The number of aliphatic hydroxyl groups excluding tert-OH is 1. The van der Waals surface area contributed by atoms with Crippen molar-refractivity contribution in [2.75, 3.05) is 7.11 Å². The molecule has 2 rings (SSSR count). The molecule has 90 valence electrons. The van der Waals surface area contributed by atoms with Gasteiger partial charge in [-0.05, 0) is 13.0 Å². The highest BCUT2D eigenvalue weighted by Crippen LogP contribution is 2.20. The number of benzene rings is 1. The van der Waals surface area contributed by atoms with Crippen LogP contribution in [0.1, 0.15) is 16.8 Å². The van der Waals surface area contributed by atoms with Gasteiger partial charge in [0.2, 0.25) is 0 Å². The summed E-state index contributed by atoms with van der Waals surface area (Å²) in [6.07, 6.45) is 1.72. The first-order valence-corrected chi connectivity index (χ1v) is 5.36. The molecular formula is C12H15N3O2. The van der Waals surface area contributed by atoms with Crippen LogP contribution in [-0.4, -0.2) is 27.2 Å². The van der Waals surface area contributed by atoms with Gasteiger partial charge in [0.25, 0.3) is 0 Å². The van der Waals surface area contributed by atoms with Crippen molar-refractivity contribution in [1.29, 1.82) is 0 Å². The molecule has 0 radical (unpaired) electrons. The second kappa shape index (κ2) is 4.97. The Kier molecular flexibility index (Phi) is 3.39. The Morgan fingerprint density at radius 2 is 2.24 bits per heavy atom. The van der Waals surface area contributed by atoms with E-state index in [1.807, 2.05) is 19.1 Å². The van der Waals surface area contributed by atoms with E-state index in [1.165, 1.54) is 5.56 Å². The van der Waals surface area contributed by atoms with Crippen molar-refractivity contribution in [2.45, 2.75) is 20.1 Å². The molecule has 2 aromatic rings. The second-order valence-electron chi connectivity index (χ2n) is 3.88. The van der Waals surface area contributed by atoms with Gasteiger partial charge in [-0.15, -0.1) is 5.10 Å². The van der Waals surface area contributed by atoms with Gasteiger partial charge in [0.15, 0.2) is 0 Å². The third-order valence-corrected chi connectivity index (χ3v) is 2.52. The molecule has 0 aliphatic heterocycles. The number of aromatic nitrogens is 3. The summed E-state index contributed by atoms with van der Waals surface area (Å²) in [5, 5.41) is 16.7. The third-order valence-electron chi connectivity index (χ3n) is 2.52. The molecule has 0 aliphatic carbocycles. The van der Waals surface area contributed by atoms with Crippen LogP contribution in [0.25, 0.3) is 0 Å². The van der Waals surface area contributed by atoms with Gasteiger partial charge in [-0.3, -0.25) is 0 Å². The summed E-state index contributed by atoms with van der Waals surface area (Å²) < 4.78 is 6.98. The van der Waals surface area contributed by atoms with Gasteiger partial charge in [-0.2, -0.15) is 0 Å². The first-order valence-electron chi connectivity index (χ1n) is 5.36. The molecule has 0 unspecified atom stereocenters. The van der Waals surface area contributed by atoms with Crippen molar-refractivity contribution in [1.82, 2.24) is 15.0 Å². The summed E-state index contributed by atoms with van der Waals surface area (Å²) in [7, 11) is 1.65. The number of hydrogen-bond donors (Lipinski definition) is 1. The Hall–Kier alpha value is -1.88. The fraction of sp³-hybridized carbons (Fsp3) is 0.333. The molecule has 0 saturated heterocycles. The highest BCUT2D eigenvalue weighted by molar-refractivity contribution is 5.36. The quantitative estimate of drug-likeness (QED) is 0.860. The molecular weight excluding hydrogens is 218 g/mol. The molecule has 0 atom stereocenters. The molecule has 0 spiro atoms. The van der Waals surface area contributed by atoms with Crippen LogP contribution in [0.5, 0.6) is 5.75 Å². The van der Waals surface area contributed by atoms with Gasteiger partial charge >= 0.3 is 0 Å². The molecule has 17 heavy (non-hydrogen) atoms. The standard InChI is InChI=1S/C12H15N3O2/c1-9-3-4-12(17-2)10(5-9)6-15-7-11(8-16)13-14-15/h3-5,7,16H,6,8H2,1-2H3. The van der Waals surface area contributed by atoms with Crippen molar-refractivity contribution in [3.05, 3.63) is 41.2 Å². The predicted octanol–water partition coefficient (Wildman–Crippen LogP) is 1.14. The first kappa shape index (κ1) is 11.6. The number of ether oxygens (including phenoxy) is 1. The predicted molar refractivity (Wildman–Crippen MR) is 62.8 cm³/mol. The fourth-order valence-corrected chi connectivity index (χ4v) is 1.69. The molecule has 1 heterocycles. The van der Waals surface area contributed by atoms with Crippen LogP contribution in [0.15, 0.2) is 24.4 Å². The van der Waals surface area contributed by atoms with E-state index in [-0.39, 0.29) is 6.61 Å². The van der Waals surface area contributed by atoms with E-state index in [0.717, 1.165) is 11.3 Å². The summed E-state index contributed by atoms with van der Waals surface area (Å²) in [6.45, 7) is 2.52. The largest absolute Gasteiger partial charge is 0.496 e. The molecule has 1 N–H and O–H groups in total. The zero-order valence-electron chi connectivity index (χ0n) is 9.92. The Morgan fingerprint density at radius 1 is 1.41 bits per heavy atom. The van der Waals surface area contributed by atoms with Crippen LogP contribution in [0.4, 0.5) is 0 Å². The van der Waals surface area contributed by atoms with Crippen LogP contribution in [-0.2, 0) is 13.2 Å². The minimum atomic E-state index is -0.0923. The van der Waals surface area contributed by atoms with Gasteiger partial charge < -0.3 is 9.84 Å². The lowest BCUT2D eigenvalue weighted by Crippen LogP contribution is -2.03. The first-order chi connectivity index (χ1) is 8.22. The number of hydrogen-bond acceptors (Lipinski definition) is 4. The van der Waals surface area contributed by atoms with Crippen LogP contribution in [0.3, 0.4) is 0 Å². The van der Waals surface area contributed by atoms with Crippen molar-refractivity contribution < 1.29 is 9.84 Å². The molecule has 5 heteroatoms. The van der Waals surface area contributed by atoms with Gasteiger partial charge in [-0.25, -0.2) is 4.68 Å². The lowest BCUT2D eigenvalue weighted by Gasteiger charge is -2.08. The molecule has 5 nitrogen and oxygen atoms in total. The van der Waals surface area contributed by atoms with Gasteiger partial charge in [0.05, 0.1) is 26.5 Å². The maximum Gasteiger partial charge on any atom is 0.123 e. The Morgan fingerprint density at radius 3 is 2.88 bits per heavy atom. The lowest BCUT2D eigenvalue weighted by atomic mass is 10.1. The van der Waals surface area contributed by atoms with Crippen LogP contribution in [0, 0.1) is 6.92 Å². The molecule has 1 aromatic carbocycles. The molecule has 0 fully saturated rings. The van der Waals surface area contributed by atoms with E-state index < -0.39 is 0 Å². The van der Waals surface area contributed by atoms with Gasteiger partial charge in [0, 0.05) is 5.56 Å². The fourth-order valence-electron chi connectivity index (χ4n) is 1.69. The van der Waals surface area contributed by atoms with E-state index >= 15 is 0 Å².